The largest absolute Gasteiger partial charge is 0.369 e. The summed E-state index contributed by atoms with van der Waals surface area (Å²) >= 11 is 0. The highest BCUT2D eigenvalue weighted by Gasteiger charge is 2.36. The van der Waals surface area contributed by atoms with Crippen molar-refractivity contribution in [1.29, 1.82) is 0 Å². The van der Waals surface area contributed by atoms with Crippen molar-refractivity contribution in [2.24, 2.45) is 17.8 Å². The van der Waals surface area contributed by atoms with Crippen molar-refractivity contribution in [3.8, 4) is 11.3 Å². The Labute approximate surface area is 144 Å². The summed E-state index contributed by atoms with van der Waals surface area (Å²) in [4.78, 5) is 18.2. The lowest BCUT2D eigenvalue weighted by Gasteiger charge is -2.33. The smallest absolute Gasteiger partial charge is 0.231 e. The fourth-order valence-corrected chi connectivity index (χ4v) is 3.26. The SMILES string of the molecule is CN1C(=O)C[C@@](C)(c2ccc3c(-c4cn[nH]c4)nn(C)c3c2)N=C1N. The second-order valence-corrected chi connectivity index (χ2v) is 6.56. The van der Waals surface area contributed by atoms with Crippen molar-refractivity contribution in [3.63, 3.8) is 0 Å². The number of H-pyrrole nitrogens is 1. The van der Waals surface area contributed by atoms with Crippen LogP contribution in [-0.4, -0.2) is 43.8 Å². The minimum absolute atomic E-state index is 0.0424. The van der Waals surface area contributed by atoms with Crippen molar-refractivity contribution >= 4 is 22.8 Å². The highest BCUT2D eigenvalue weighted by atomic mass is 16.2. The molecule has 1 aliphatic heterocycles. The van der Waals surface area contributed by atoms with E-state index in [9.17, 15) is 4.79 Å². The summed E-state index contributed by atoms with van der Waals surface area (Å²) in [6.45, 7) is 1.93. The number of amides is 1. The van der Waals surface area contributed by atoms with E-state index in [1.165, 1.54) is 4.90 Å². The Kier molecular flexibility index (Phi) is 3.18. The molecular formula is C17H19N7O. The lowest BCUT2D eigenvalue weighted by molar-refractivity contribution is -0.128. The molecule has 128 valence electrons. The van der Waals surface area contributed by atoms with E-state index in [1.54, 1.807) is 13.2 Å². The molecule has 8 heteroatoms. The van der Waals surface area contributed by atoms with E-state index in [0.29, 0.717) is 0 Å². The summed E-state index contributed by atoms with van der Waals surface area (Å²) in [6, 6.07) is 6.03. The predicted octanol–water partition coefficient (Wildman–Crippen LogP) is 1.36. The highest BCUT2D eigenvalue weighted by molar-refractivity contribution is 5.99. The molecule has 0 unspecified atom stereocenters. The van der Waals surface area contributed by atoms with Gasteiger partial charge in [-0.2, -0.15) is 10.2 Å². The molecule has 3 N–H and O–H groups in total. The molecule has 1 aromatic carbocycles. The molecule has 1 atom stereocenters. The number of nitrogens with one attached hydrogen (secondary N) is 1. The number of nitrogens with two attached hydrogens (primary N) is 1. The number of nitrogens with zero attached hydrogens (tertiary/aromatic N) is 5. The number of aromatic nitrogens is 4. The Hall–Kier alpha value is -3.16. The van der Waals surface area contributed by atoms with E-state index in [0.717, 1.165) is 27.7 Å². The molecule has 0 spiro atoms. The molecule has 0 radical (unpaired) electrons. The third-order valence-electron chi connectivity index (χ3n) is 4.82. The number of aryl methyl sites for hydroxylation is 1. The van der Waals surface area contributed by atoms with Crippen LogP contribution >= 0.6 is 0 Å². The Bertz CT molecular complexity index is 1000. The van der Waals surface area contributed by atoms with E-state index in [2.05, 4.69) is 20.3 Å². The molecule has 4 rings (SSSR count). The van der Waals surface area contributed by atoms with E-state index >= 15 is 0 Å². The standard InChI is InChI=1S/C17H19N7O/c1-17(7-14(25)23(2)16(18)21-17)11-4-5-12-13(6-11)24(3)22-15(12)10-8-19-20-9-10/h4-6,8-9H,7H2,1-3H3,(H2,18,21)(H,19,20)/t17-/m0/s1. The lowest BCUT2D eigenvalue weighted by Crippen LogP contribution is -2.47. The zero-order valence-electron chi connectivity index (χ0n) is 14.3. The minimum atomic E-state index is -0.679. The van der Waals surface area contributed by atoms with Gasteiger partial charge in [0.1, 0.15) is 5.69 Å². The summed E-state index contributed by atoms with van der Waals surface area (Å²) in [5.41, 5.74) is 8.94. The fourth-order valence-electron chi connectivity index (χ4n) is 3.26. The van der Waals surface area contributed by atoms with Gasteiger partial charge in [0, 0.05) is 31.2 Å². The maximum atomic E-state index is 12.2. The summed E-state index contributed by atoms with van der Waals surface area (Å²) in [6.07, 6.45) is 3.84. The number of carbonyl (C=O) groups excluding carboxylic acids is 1. The quantitative estimate of drug-likeness (QED) is 0.736. The van der Waals surface area contributed by atoms with E-state index < -0.39 is 5.54 Å². The van der Waals surface area contributed by atoms with Crippen LogP contribution in [0.1, 0.15) is 18.9 Å². The van der Waals surface area contributed by atoms with Gasteiger partial charge in [-0.05, 0) is 18.6 Å². The van der Waals surface area contributed by atoms with Crippen molar-refractivity contribution in [3.05, 3.63) is 36.2 Å². The first kappa shape index (κ1) is 15.4. The average Bonchev–Trinajstić information content (AvgIpc) is 3.20. The Morgan fingerprint density at radius 2 is 2.12 bits per heavy atom. The molecular weight excluding hydrogens is 318 g/mol. The van der Waals surface area contributed by atoms with Crippen LogP contribution in [0.2, 0.25) is 0 Å². The number of aliphatic imine (C=N–C) groups is 1. The van der Waals surface area contributed by atoms with Crippen LogP contribution in [0, 0.1) is 0 Å². The number of rotatable bonds is 2. The molecule has 3 aromatic rings. The number of guanidine groups is 1. The Balaban J connectivity index is 1.86. The molecule has 25 heavy (non-hydrogen) atoms. The average molecular weight is 337 g/mol. The summed E-state index contributed by atoms with van der Waals surface area (Å²) in [5, 5.41) is 12.4. The summed E-state index contributed by atoms with van der Waals surface area (Å²) in [7, 11) is 3.54. The normalized spacial score (nSPS) is 21.0. The third kappa shape index (κ3) is 2.29. The third-order valence-corrected chi connectivity index (χ3v) is 4.82. The van der Waals surface area contributed by atoms with Gasteiger partial charge in [-0.15, -0.1) is 0 Å². The molecule has 0 saturated heterocycles. The maximum absolute atomic E-state index is 12.2. The number of fused-ring (bicyclic) bond motifs is 1. The molecule has 3 heterocycles. The van der Waals surface area contributed by atoms with Gasteiger partial charge in [0.15, 0.2) is 5.96 Å². The van der Waals surface area contributed by atoms with E-state index in [4.69, 9.17) is 5.73 Å². The van der Waals surface area contributed by atoms with Gasteiger partial charge < -0.3 is 5.73 Å². The molecule has 0 fully saturated rings. The molecule has 2 aromatic heterocycles. The second-order valence-electron chi connectivity index (χ2n) is 6.56. The fraction of sp³-hybridized carbons (Fsp3) is 0.294. The van der Waals surface area contributed by atoms with Crippen LogP contribution in [0.5, 0.6) is 0 Å². The topological polar surface area (TPSA) is 105 Å². The van der Waals surface area contributed by atoms with Gasteiger partial charge in [-0.3, -0.25) is 19.5 Å². The Morgan fingerprint density at radius 1 is 1.32 bits per heavy atom. The van der Waals surface area contributed by atoms with Crippen LogP contribution in [0.25, 0.3) is 22.2 Å². The van der Waals surface area contributed by atoms with Crippen molar-refractivity contribution in [1.82, 2.24) is 24.9 Å². The number of aromatic amines is 1. The molecule has 1 amide bonds. The number of hydrogen-bond acceptors (Lipinski definition) is 5. The number of hydrogen-bond donors (Lipinski definition) is 2. The molecule has 0 saturated carbocycles. The zero-order chi connectivity index (χ0) is 17.8. The first-order valence-electron chi connectivity index (χ1n) is 7.97. The zero-order valence-corrected chi connectivity index (χ0v) is 14.3. The van der Waals surface area contributed by atoms with Gasteiger partial charge in [0.25, 0.3) is 0 Å². The van der Waals surface area contributed by atoms with Gasteiger partial charge in [-0.1, -0.05) is 12.1 Å². The van der Waals surface area contributed by atoms with Gasteiger partial charge in [-0.25, -0.2) is 4.99 Å². The maximum Gasteiger partial charge on any atom is 0.231 e. The summed E-state index contributed by atoms with van der Waals surface area (Å²) in [5.74, 6) is 0.196. The second kappa shape index (κ2) is 5.17. The van der Waals surface area contributed by atoms with E-state index in [1.807, 2.05) is 43.0 Å². The van der Waals surface area contributed by atoms with Crippen molar-refractivity contribution in [2.45, 2.75) is 18.9 Å². The lowest BCUT2D eigenvalue weighted by atomic mass is 9.87. The monoisotopic (exact) mass is 337 g/mol. The molecule has 1 aliphatic rings. The number of carbonyl (C=O) groups is 1. The first-order chi connectivity index (χ1) is 11.9. The number of benzene rings is 1. The molecule has 8 nitrogen and oxygen atoms in total. The first-order valence-corrected chi connectivity index (χ1v) is 7.97. The highest BCUT2D eigenvalue weighted by Crippen LogP contribution is 2.36. The van der Waals surface area contributed by atoms with Crippen LogP contribution in [0.3, 0.4) is 0 Å². The molecule has 0 bridgehead atoms. The molecule has 0 aliphatic carbocycles. The van der Waals surface area contributed by atoms with Gasteiger partial charge in [0.2, 0.25) is 5.91 Å². The van der Waals surface area contributed by atoms with Crippen LogP contribution in [0.15, 0.2) is 35.6 Å². The van der Waals surface area contributed by atoms with Crippen molar-refractivity contribution < 1.29 is 4.79 Å². The van der Waals surface area contributed by atoms with Gasteiger partial charge in [0.05, 0.1) is 23.7 Å². The van der Waals surface area contributed by atoms with Crippen LogP contribution < -0.4 is 5.73 Å². The predicted molar refractivity (Wildman–Crippen MR) is 94.7 cm³/mol. The van der Waals surface area contributed by atoms with Gasteiger partial charge >= 0.3 is 0 Å². The van der Waals surface area contributed by atoms with Crippen LogP contribution in [0.4, 0.5) is 0 Å². The van der Waals surface area contributed by atoms with E-state index in [-0.39, 0.29) is 18.3 Å². The minimum Gasteiger partial charge on any atom is -0.369 e. The van der Waals surface area contributed by atoms with Crippen LogP contribution in [-0.2, 0) is 17.4 Å². The summed E-state index contributed by atoms with van der Waals surface area (Å²) < 4.78 is 1.83. The van der Waals surface area contributed by atoms with Crippen molar-refractivity contribution in [2.75, 3.05) is 7.05 Å². The Morgan fingerprint density at radius 3 is 2.80 bits per heavy atom.